The van der Waals surface area contributed by atoms with Crippen LogP contribution in [0.5, 0.6) is 11.5 Å². The lowest BCUT2D eigenvalue weighted by Gasteiger charge is -2.21. The minimum Gasteiger partial charge on any atom is -0.494 e. The van der Waals surface area contributed by atoms with Crippen molar-refractivity contribution in [1.82, 2.24) is 5.32 Å². The van der Waals surface area contributed by atoms with E-state index in [4.69, 9.17) is 14.7 Å². The number of carbonyl (C=O) groups is 1. The van der Waals surface area contributed by atoms with Crippen LogP contribution in [0.15, 0.2) is 48.5 Å². The fourth-order valence-electron chi connectivity index (χ4n) is 3.34. The number of nitrogens with one attached hydrogen (secondary N) is 1. The van der Waals surface area contributed by atoms with Crippen molar-refractivity contribution in [3.8, 4) is 17.6 Å². The highest BCUT2D eigenvalue weighted by atomic mass is 19.4. The first-order chi connectivity index (χ1) is 16.2. The third-order valence-electron chi connectivity index (χ3n) is 5.06. The quantitative estimate of drug-likeness (QED) is 0.353. The molecule has 0 aliphatic rings. The molecule has 8 heteroatoms. The molecule has 2 rings (SSSR count). The van der Waals surface area contributed by atoms with Gasteiger partial charge in [0, 0.05) is 6.54 Å². The van der Waals surface area contributed by atoms with Crippen LogP contribution in [0.2, 0.25) is 0 Å². The molecule has 1 atom stereocenters. The van der Waals surface area contributed by atoms with E-state index in [0.717, 1.165) is 43.6 Å². The van der Waals surface area contributed by atoms with Gasteiger partial charge in [-0.3, -0.25) is 4.79 Å². The minimum absolute atomic E-state index is 0.0921. The number of rotatable bonds is 13. The predicted octanol–water partition coefficient (Wildman–Crippen LogP) is 6.13. The molecule has 2 aromatic rings. The zero-order valence-electron chi connectivity index (χ0n) is 19.5. The molecule has 0 fully saturated rings. The number of halogens is 3. The summed E-state index contributed by atoms with van der Waals surface area (Å²) < 4.78 is 51.0. The lowest BCUT2D eigenvalue weighted by atomic mass is 10.0. The van der Waals surface area contributed by atoms with E-state index in [2.05, 4.69) is 5.32 Å². The summed E-state index contributed by atoms with van der Waals surface area (Å²) in [5, 5.41) is 11.8. The number of para-hydroxylation sites is 1. The van der Waals surface area contributed by atoms with Crippen LogP contribution < -0.4 is 14.8 Å². The van der Waals surface area contributed by atoms with Crippen molar-refractivity contribution < 1.29 is 27.4 Å². The summed E-state index contributed by atoms with van der Waals surface area (Å²) in [5.74, 6) is 0.487. The molecule has 0 spiro atoms. The van der Waals surface area contributed by atoms with Crippen molar-refractivity contribution in [3.05, 3.63) is 59.7 Å². The van der Waals surface area contributed by atoms with Crippen LogP contribution in [0.25, 0.3) is 0 Å². The molecule has 0 aliphatic carbocycles. The van der Waals surface area contributed by atoms with Crippen LogP contribution in [-0.2, 0) is 11.0 Å². The molecular formula is C26H31F3N2O3. The van der Waals surface area contributed by atoms with E-state index < -0.39 is 23.4 Å². The molecular weight excluding hydrogens is 445 g/mol. The molecule has 0 bridgehead atoms. The van der Waals surface area contributed by atoms with Crippen LogP contribution in [0.1, 0.15) is 57.1 Å². The van der Waals surface area contributed by atoms with Gasteiger partial charge in [0.2, 0.25) is 0 Å². The van der Waals surface area contributed by atoms with Gasteiger partial charge in [0.05, 0.1) is 23.8 Å². The fraction of sp³-hybridized carbons (Fsp3) is 0.462. The number of ether oxygens (including phenoxy) is 2. The molecule has 5 nitrogen and oxygen atoms in total. The molecule has 2 aromatic carbocycles. The molecule has 1 N–H and O–H groups in total. The zero-order valence-corrected chi connectivity index (χ0v) is 19.5. The Bertz CT molecular complexity index is 941. The Morgan fingerprint density at radius 1 is 1.03 bits per heavy atom. The number of unbranched alkanes of at least 4 members (excludes halogenated alkanes) is 3. The number of benzene rings is 2. The third-order valence-corrected chi connectivity index (χ3v) is 5.06. The van der Waals surface area contributed by atoms with Gasteiger partial charge in [-0.2, -0.15) is 18.4 Å². The van der Waals surface area contributed by atoms with Crippen LogP contribution in [-0.4, -0.2) is 25.2 Å². The van der Waals surface area contributed by atoms with E-state index in [-0.39, 0.29) is 17.6 Å². The topological polar surface area (TPSA) is 71.3 Å². The Labute approximate surface area is 198 Å². The van der Waals surface area contributed by atoms with E-state index in [1.54, 1.807) is 0 Å². The van der Waals surface area contributed by atoms with E-state index in [1.165, 1.54) is 12.1 Å². The highest BCUT2D eigenvalue weighted by Crippen LogP contribution is 2.34. The Kier molecular flexibility index (Phi) is 10.7. The number of hydrogen-bond donors (Lipinski definition) is 1. The van der Waals surface area contributed by atoms with Crippen LogP contribution >= 0.6 is 0 Å². The molecule has 0 aliphatic heterocycles. The summed E-state index contributed by atoms with van der Waals surface area (Å²) >= 11 is 0. The number of amides is 1. The van der Waals surface area contributed by atoms with Gasteiger partial charge in [0.25, 0.3) is 5.91 Å². The molecule has 0 aromatic heterocycles. The van der Waals surface area contributed by atoms with Crippen LogP contribution in [0.4, 0.5) is 13.2 Å². The third kappa shape index (κ3) is 9.34. The average molecular weight is 477 g/mol. The van der Waals surface area contributed by atoms with E-state index >= 15 is 0 Å². The summed E-state index contributed by atoms with van der Waals surface area (Å²) in [6, 6.07) is 14.2. The van der Waals surface area contributed by atoms with Crippen LogP contribution in [0, 0.1) is 17.2 Å². The molecule has 1 unspecified atom stereocenters. The maximum atomic E-state index is 13.2. The maximum absolute atomic E-state index is 13.2. The number of carbonyl (C=O) groups excluding carboxylic acids is 1. The highest BCUT2D eigenvalue weighted by Gasteiger charge is 2.34. The SMILES string of the molecule is CC(C)CC(Oc1ccc(C#N)c(C(F)(F)F)c1)C(=O)NCCCCCCOc1ccccc1. The molecule has 0 saturated carbocycles. The first kappa shape index (κ1) is 27.0. The number of alkyl halides is 3. The van der Waals surface area contributed by atoms with E-state index in [9.17, 15) is 18.0 Å². The smallest absolute Gasteiger partial charge is 0.417 e. The monoisotopic (exact) mass is 476 g/mol. The van der Waals surface area contributed by atoms with Gasteiger partial charge < -0.3 is 14.8 Å². The number of nitriles is 1. The van der Waals surface area contributed by atoms with Gasteiger partial charge >= 0.3 is 6.18 Å². The summed E-state index contributed by atoms with van der Waals surface area (Å²) in [6.07, 6.45) is -1.70. The van der Waals surface area contributed by atoms with E-state index in [0.29, 0.717) is 19.6 Å². The van der Waals surface area contributed by atoms with Crippen molar-refractivity contribution in [2.24, 2.45) is 5.92 Å². The zero-order chi connectivity index (χ0) is 25.0. The lowest BCUT2D eigenvalue weighted by molar-refractivity contribution is -0.137. The Morgan fingerprint density at radius 3 is 2.38 bits per heavy atom. The van der Waals surface area contributed by atoms with Gasteiger partial charge in [-0.1, -0.05) is 44.9 Å². The first-order valence-corrected chi connectivity index (χ1v) is 11.4. The Balaban J connectivity index is 1.80. The standard InChI is InChI=1S/C26H31F3N2O3/c1-19(2)16-24(34-22-13-12-20(18-30)23(17-22)26(27,28)29)25(32)31-14-8-3-4-9-15-33-21-10-6-5-7-11-21/h5-7,10-13,17,19,24H,3-4,8-9,14-16H2,1-2H3,(H,31,32). The number of nitrogens with zero attached hydrogens (tertiary/aromatic N) is 1. The second-order valence-corrected chi connectivity index (χ2v) is 8.42. The first-order valence-electron chi connectivity index (χ1n) is 11.4. The Morgan fingerprint density at radius 2 is 1.74 bits per heavy atom. The highest BCUT2D eigenvalue weighted by molar-refractivity contribution is 5.81. The van der Waals surface area contributed by atoms with Gasteiger partial charge in [-0.15, -0.1) is 0 Å². The maximum Gasteiger partial charge on any atom is 0.417 e. The second-order valence-electron chi connectivity index (χ2n) is 8.42. The normalized spacial score (nSPS) is 12.1. The van der Waals surface area contributed by atoms with Gasteiger partial charge in [-0.05, 0) is 55.5 Å². The van der Waals surface area contributed by atoms with E-state index in [1.807, 2.05) is 44.2 Å². The summed E-state index contributed by atoms with van der Waals surface area (Å²) in [4.78, 5) is 12.6. The number of hydrogen-bond acceptors (Lipinski definition) is 4. The van der Waals surface area contributed by atoms with Gasteiger partial charge in [0.1, 0.15) is 11.5 Å². The summed E-state index contributed by atoms with van der Waals surface area (Å²) in [7, 11) is 0. The molecule has 1 amide bonds. The Hall–Kier alpha value is -3.21. The molecule has 0 heterocycles. The van der Waals surface area contributed by atoms with Gasteiger partial charge in [-0.25, -0.2) is 0 Å². The van der Waals surface area contributed by atoms with Crippen LogP contribution in [0.3, 0.4) is 0 Å². The van der Waals surface area contributed by atoms with Crippen molar-refractivity contribution in [1.29, 1.82) is 5.26 Å². The summed E-state index contributed by atoms with van der Waals surface area (Å²) in [6.45, 7) is 4.89. The van der Waals surface area contributed by atoms with Gasteiger partial charge in [0.15, 0.2) is 6.10 Å². The average Bonchev–Trinajstić information content (AvgIpc) is 2.80. The molecule has 0 radical (unpaired) electrons. The molecule has 0 saturated heterocycles. The van der Waals surface area contributed by atoms with Crippen molar-refractivity contribution in [2.75, 3.05) is 13.2 Å². The fourth-order valence-corrected chi connectivity index (χ4v) is 3.34. The predicted molar refractivity (Wildman–Crippen MR) is 123 cm³/mol. The molecule has 184 valence electrons. The lowest BCUT2D eigenvalue weighted by Crippen LogP contribution is -2.39. The summed E-state index contributed by atoms with van der Waals surface area (Å²) in [5.41, 5.74) is -1.56. The van der Waals surface area contributed by atoms with Crippen molar-refractivity contribution >= 4 is 5.91 Å². The second kappa shape index (κ2) is 13.5. The largest absolute Gasteiger partial charge is 0.494 e. The minimum atomic E-state index is -4.69. The van der Waals surface area contributed by atoms with Crippen molar-refractivity contribution in [2.45, 2.75) is 58.2 Å². The van der Waals surface area contributed by atoms with Crippen molar-refractivity contribution in [3.63, 3.8) is 0 Å². The molecule has 34 heavy (non-hydrogen) atoms.